The highest BCUT2D eigenvalue weighted by atomic mass is 35.5. The number of likely N-dealkylation sites (tertiary alicyclic amines) is 1. The van der Waals surface area contributed by atoms with Crippen LogP contribution in [-0.4, -0.2) is 44.1 Å². The van der Waals surface area contributed by atoms with Crippen LogP contribution in [0.15, 0.2) is 24.4 Å². The van der Waals surface area contributed by atoms with Gasteiger partial charge in [-0.15, -0.1) is 5.10 Å². The molecule has 3 rings (SSSR count). The van der Waals surface area contributed by atoms with Crippen molar-refractivity contribution in [1.29, 1.82) is 0 Å². The normalized spacial score (nSPS) is 18.7. The standard InChI is InChI=1S/C14H14Cl2N4O2/c15-12-2-1-11(5-13(12)16)20-8-10(17-18-20)7-19-4-3-9(6-19)14(21)22/h1-2,5,8-9H,3-4,6-7H2,(H,21,22). The van der Waals surface area contributed by atoms with Crippen LogP contribution in [0.4, 0.5) is 0 Å². The number of halogens is 2. The first-order valence-electron chi connectivity index (χ1n) is 6.85. The van der Waals surface area contributed by atoms with Crippen molar-refractivity contribution in [3.05, 3.63) is 40.1 Å². The molecule has 8 heteroatoms. The maximum atomic E-state index is 11.0. The minimum Gasteiger partial charge on any atom is -0.481 e. The molecule has 1 fully saturated rings. The third-order valence-corrected chi connectivity index (χ3v) is 4.45. The van der Waals surface area contributed by atoms with Gasteiger partial charge in [0.2, 0.25) is 0 Å². The van der Waals surface area contributed by atoms with E-state index in [9.17, 15) is 4.79 Å². The molecule has 22 heavy (non-hydrogen) atoms. The second-order valence-corrected chi connectivity index (χ2v) is 6.13. The molecule has 0 saturated carbocycles. The summed E-state index contributed by atoms with van der Waals surface area (Å²) in [7, 11) is 0. The molecule has 1 atom stereocenters. The summed E-state index contributed by atoms with van der Waals surface area (Å²) in [6.45, 7) is 1.90. The van der Waals surface area contributed by atoms with Crippen LogP contribution in [0, 0.1) is 5.92 Å². The summed E-state index contributed by atoms with van der Waals surface area (Å²) in [5.41, 5.74) is 1.56. The minimum absolute atomic E-state index is 0.287. The Bertz CT molecular complexity index is 704. The van der Waals surface area contributed by atoms with Crippen LogP contribution in [0.25, 0.3) is 5.69 Å². The Balaban J connectivity index is 1.69. The van der Waals surface area contributed by atoms with Gasteiger partial charge in [-0.05, 0) is 31.2 Å². The first-order chi connectivity index (χ1) is 10.5. The summed E-state index contributed by atoms with van der Waals surface area (Å²) in [4.78, 5) is 13.0. The molecule has 1 saturated heterocycles. The van der Waals surface area contributed by atoms with E-state index >= 15 is 0 Å². The molecule has 1 unspecified atom stereocenters. The second kappa shape index (κ2) is 6.24. The Morgan fingerprint density at radius 1 is 1.36 bits per heavy atom. The van der Waals surface area contributed by atoms with E-state index in [1.54, 1.807) is 16.8 Å². The number of aliphatic carboxylic acids is 1. The van der Waals surface area contributed by atoms with Crippen molar-refractivity contribution in [2.45, 2.75) is 13.0 Å². The lowest BCUT2D eigenvalue weighted by Crippen LogP contribution is -2.22. The van der Waals surface area contributed by atoms with Crippen molar-refractivity contribution in [1.82, 2.24) is 19.9 Å². The molecule has 1 aromatic carbocycles. The lowest BCUT2D eigenvalue weighted by atomic mass is 10.1. The van der Waals surface area contributed by atoms with Gasteiger partial charge in [-0.25, -0.2) is 4.68 Å². The Morgan fingerprint density at radius 2 is 2.18 bits per heavy atom. The Morgan fingerprint density at radius 3 is 2.86 bits per heavy atom. The van der Waals surface area contributed by atoms with E-state index in [1.165, 1.54) is 0 Å². The van der Waals surface area contributed by atoms with Crippen LogP contribution in [0.5, 0.6) is 0 Å². The Labute approximate surface area is 137 Å². The van der Waals surface area contributed by atoms with Gasteiger partial charge in [-0.3, -0.25) is 9.69 Å². The third-order valence-electron chi connectivity index (χ3n) is 3.72. The Kier molecular flexibility index (Phi) is 4.33. The number of aromatic nitrogens is 3. The van der Waals surface area contributed by atoms with E-state index in [4.69, 9.17) is 28.3 Å². The van der Waals surface area contributed by atoms with Crippen LogP contribution in [0.3, 0.4) is 0 Å². The number of carboxylic acids is 1. The molecule has 1 aliphatic rings. The number of benzene rings is 1. The van der Waals surface area contributed by atoms with E-state index in [-0.39, 0.29) is 5.92 Å². The lowest BCUT2D eigenvalue weighted by molar-refractivity contribution is -0.141. The molecule has 0 radical (unpaired) electrons. The maximum Gasteiger partial charge on any atom is 0.307 e. The zero-order valence-corrected chi connectivity index (χ0v) is 13.1. The number of rotatable bonds is 4. The van der Waals surface area contributed by atoms with Gasteiger partial charge in [0.05, 0.1) is 33.5 Å². The van der Waals surface area contributed by atoms with Gasteiger partial charge in [0.25, 0.3) is 0 Å². The van der Waals surface area contributed by atoms with Crippen LogP contribution in [0.1, 0.15) is 12.1 Å². The first-order valence-corrected chi connectivity index (χ1v) is 7.60. The number of nitrogens with zero attached hydrogens (tertiary/aromatic N) is 4. The van der Waals surface area contributed by atoms with Crippen LogP contribution in [-0.2, 0) is 11.3 Å². The van der Waals surface area contributed by atoms with Gasteiger partial charge in [0.15, 0.2) is 0 Å². The van der Waals surface area contributed by atoms with Crippen LogP contribution < -0.4 is 0 Å². The summed E-state index contributed by atoms with van der Waals surface area (Å²) in [6.07, 6.45) is 2.49. The fraction of sp³-hybridized carbons (Fsp3) is 0.357. The van der Waals surface area contributed by atoms with Gasteiger partial charge in [-0.2, -0.15) is 0 Å². The fourth-order valence-electron chi connectivity index (χ4n) is 2.53. The molecule has 6 nitrogen and oxygen atoms in total. The molecule has 2 heterocycles. The van der Waals surface area contributed by atoms with Crippen molar-refractivity contribution in [2.24, 2.45) is 5.92 Å². The zero-order valence-electron chi connectivity index (χ0n) is 11.6. The molecule has 1 aromatic heterocycles. The van der Waals surface area contributed by atoms with Crippen molar-refractivity contribution in [3.63, 3.8) is 0 Å². The summed E-state index contributed by atoms with van der Waals surface area (Å²) >= 11 is 11.9. The number of carbonyl (C=O) groups is 1. The summed E-state index contributed by atoms with van der Waals surface area (Å²) < 4.78 is 1.63. The van der Waals surface area contributed by atoms with Gasteiger partial charge in [0.1, 0.15) is 0 Å². The number of hydrogen-bond donors (Lipinski definition) is 1. The highest BCUT2D eigenvalue weighted by Crippen LogP contribution is 2.24. The smallest absolute Gasteiger partial charge is 0.307 e. The van der Waals surface area contributed by atoms with E-state index in [0.29, 0.717) is 29.6 Å². The van der Waals surface area contributed by atoms with Gasteiger partial charge >= 0.3 is 5.97 Å². The van der Waals surface area contributed by atoms with E-state index in [0.717, 1.165) is 17.9 Å². The minimum atomic E-state index is -0.734. The maximum absolute atomic E-state index is 11.0. The number of hydrogen-bond acceptors (Lipinski definition) is 4. The van der Waals surface area contributed by atoms with E-state index in [2.05, 4.69) is 15.2 Å². The van der Waals surface area contributed by atoms with Crippen LogP contribution >= 0.6 is 23.2 Å². The molecule has 116 valence electrons. The average molecular weight is 341 g/mol. The van der Waals surface area contributed by atoms with Crippen molar-refractivity contribution in [2.75, 3.05) is 13.1 Å². The fourth-order valence-corrected chi connectivity index (χ4v) is 2.82. The van der Waals surface area contributed by atoms with E-state index < -0.39 is 5.97 Å². The summed E-state index contributed by atoms with van der Waals surface area (Å²) in [6, 6.07) is 5.24. The average Bonchev–Trinajstić information content (AvgIpc) is 3.12. The van der Waals surface area contributed by atoms with Crippen molar-refractivity contribution < 1.29 is 9.90 Å². The second-order valence-electron chi connectivity index (χ2n) is 5.31. The molecule has 1 N–H and O–H groups in total. The largest absolute Gasteiger partial charge is 0.481 e. The van der Waals surface area contributed by atoms with E-state index in [1.807, 2.05) is 12.3 Å². The van der Waals surface area contributed by atoms with Gasteiger partial charge in [0, 0.05) is 13.1 Å². The SMILES string of the molecule is O=C(O)C1CCN(Cc2cn(-c3ccc(Cl)c(Cl)c3)nn2)C1. The third kappa shape index (κ3) is 3.24. The molecule has 0 amide bonds. The molecule has 0 bridgehead atoms. The summed E-state index contributed by atoms with van der Waals surface area (Å²) in [5.74, 6) is -1.02. The van der Waals surface area contributed by atoms with Crippen molar-refractivity contribution in [3.8, 4) is 5.69 Å². The zero-order chi connectivity index (χ0) is 15.7. The molecular weight excluding hydrogens is 327 g/mol. The Hall–Kier alpha value is -1.63. The highest BCUT2D eigenvalue weighted by Gasteiger charge is 2.28. The van der Waals surface area contributed by atoms with Crippen LogP contribution in [0.2, 0.25) is 10.0 Å². The molecule has 2 aromatic rings. The lowest BCUT2D eigenvalue weighted by Gasteiger charge is -2.12. The van der Waals surface area contributed by atoms with Gasteiger partial charge in [-0.1, -0.05) is 28.4 Å². The highest BCUT2D eigenvalue weighted by molar-refractivity contribution is 6.42. The topological polar surface area (TPSA) is 71.2 Å². The molecule has 1 aliphatic heterocycles. The quantitative estimate of drug-likeness (QED) is 0.925. The predicted octanol–water partition coefficient (Wildman–Crippen LogP) is 2.48. The predicted molar refractivity (Wildman–Crippen MR) is 82.4 cm³/mol. The molecule has 0 spiro atoms. The monoisotopic (exact) mass is 340 g/mol. The number of carboxylic acid groups (broad SMARTS) is 1. The first kappa shape index (κ1) is 15.3. The molecular formula is C14H14Cl2N4O2. The van der Waals surface area contributed by atoms with Crippen molar-refractivity contribution >= 4 is 29.2 Å². The van der Waals surface area contributed by atoms with Gasteiger partial charge < -0.3 is 5.11 Å². The summed E-state index contributed by atoms with van der Waals surface area (Å²) in [5, 5.41) is 18.2. The molecule has 0 aliphatic carbocycles.